The van der Waals surface area contributed by atoms with Crippen molar-refractivity contribution in [3.8, 4) is 17.0 Å². The van der Waals surface area contributed by atoms with Crippen LogP contribution in [-0.2, 0) is 5.41 Å². The first-order chi connectivity index (χ1) is 9.77. The first-order valence-electron chi connectivity index (χ1n) is 7.17. The molecule has 4 nitrogen and oxygen atoms in total. The molecule has 0 aliphatic rings. The number of benzene rings is 1. The molecule has 0 bridgehead atoms. The van der Waals surface area contributed by atoms with Crippen molar-refractivity contribution in [3.63, 3.8) is 0 Å². The summed E-state index contributed by atoms with van der Waals surface area (Å²) in [6, 6.07) is 7.88. The molecule has 4 heteroatoms. The summed E-state index contributed by atoms with van der Waals surface area (Å²) in [6.45, 7) is 10.3. The highest BCUT2D eigenvalue weighted by molar-refractivity contribution is 5.61. The fraction of sp³-hybridized carbons (Fsp3) is 0.412. The van der Waals surface area contributed by atoms with E-state index in [-0.39, 0.29) is 11.5 Å². The van der Waals surface area contributed by atoms with Gasteiger partial charge in [0.2, 0.25) is 0 Å². The van der Waals surface area contributed by atoms with E-state index in [2.05, 4.69) is 30.7 Å². The van der Waals surface area contributed by atoms with Gasteiger partial charge in [0.25, 0.3) is 0 Å². The molecule has 0 saturated carbocycles. The Morgan fingerprint density at radius 2 is 1.71 bits per heavy atom. The number of nitrogens with zero attached hydrogens (tertiary/aromatic N) is 2. The molecule has 0 saturated heterocycles. The maximum Gasteiger partial charge on any atom is 0.145 e. The summed E-state index contributed by atoms with van der Waals surface area (Å²) in [7, 11) is 0. The lowest BCUT2D eigenvalue weighted by Gasteiger charge is -2.19. The van der Waals surface area contributed by atoms with Gasteiger partial charge in [0, 0.05) is 11.0 Å². The van der Waals surface area contributed by atoms with Crippen LogP contribution in [0, 0.1) is 0 Å². The number of aromatic nitrogens is 2. The van der Waals surface area contributed by atoms with Crippen LogP contribution in [0.15, 0.2) is 30.5 Å². The Hall–Kier alpha value is -2.10. The number of rotatable bonds is 3. The second kappa shape index (κ2) is 5.72. The Balaban J connectivity index is 2.34. The van der Waals surface area contributed by atoms with Gasteiger partial charge in [-0.2, -0.15) is 0 Å². The van der Waals surface area contributed by atoms with Crippen molar-refractivity contribution < 1.29 is 4.74 Å². The Morgan fingerprint density at radius 1 is 1.10 bits per heavy atom. The topological polar surface area (TPSA) is 61.0 Å². The highest BCUT2D eigenvalue weighted by Gasteiger charge is 2.20. The van der Waals surface area contributed by atoms with E-state index >= 15 is 0 Å². The zero-order chi connectivity index (χ0) is 15.6. The van der Waals surface area contributed by atoms with Gasteiger partial charge < -0.3 is 10.5 Å². The highest BCUT2D eigenvalue weighted by atomic mass is 16.5. The summed E-state index contributed by atoms with van der Waals surface area (Å²) in [5.41, 5.74) is 8.46. The average molecular weight is 285 g/mol. The van der Waals surface area contributed by atoms with Crippen LogP contribution in [0.5, 0.6) is 5.75 Å². The molecule has 0 unspecified atom stereocenters. The smallest absolute Gasteiger partial charge is 0.145 e. The van der Waals surface area contributed by atoms with Gasteiger partial charge in [0.15, 0.2) is 0 Å². The maximum atomic E-state index is 5.94. The molecule has 21 heavy (non-hydrogen) atoms. The predicted octanol–water partition coefficient (Wildman–Crippen LogP) is 3.81. The van der Waals surface area contributed by atoms with Crippen LogP contribution in [-0.4, -0.2) is 16.1 Å². The lowest BCUT2D eigenvalue weighted by Crippen LogP contribution is -2.17. The summed E-state index contributed by atoms with van der Waals surface area (Å²) in [4.78, 5) is 8.95. The summed E-state index contributed by atoms with van der Waals surface area (Å²) in [5, 5.41) is 0. The van der Waals surface area contributed by atoms with Gasteiger partial charge in [-0.15, -0.1) is 0 Å². The summed E-state index contributed by atoms with van der Waals surface area (Å²) >= 11 is 0. The minimum Gasteiger partial charge on any atom is -0.491 e. The summed E-state index contributed by atoms with van der Waals surface area (Å²) in [6.07, 6.45) is 1.88. The number of anilines is 1. The van der Waals surface area contributed by atoms with Crippen molar-refractivity contribution in [1.29, 1.82) is 0 Å². The Labute approximate surface area is 126 Å². The molecule has 0 atom stereocenters. The zero-order valence-electron chi connectivity index (χ0n) is 13.3. The molecule has 0 amide bonds. The van der Waals surface area contributed by atoms with Crippen molar-refractivity contribution in [2.45, 2.75) is 46.1 Å². The maximum absolute atomic E-state index is 5.94. The van der Waals surface area contributed by atoms with Crippen molar-refractivity contribution in [2.24, 2.45) is 0 Å². The summed E-state index contributed by atoms with van der Waals surface area (Å²) in [5.74, 6) is 1.35. The van der Waals surface area contributed by atoms with Crippen LogP contribution >= 0.6 is 0 Å². The Morgan fingerprint density at radius 3 is 2.24 bits per heavy atom. The van der Waals surface area contributed by atoms with Crippen LogP contribution in [0.4, 0.5) is 5.82 Å². The van der Waals surface area contributed by atoms with Gasteiger partial charge in [0.1, 0.15) is 11.6 Å². The average Bonchev–Trinajstić information content (AvgIpc) is 2.38. The van der Waals surface area contributed by atoms with Gasteiger partial charge in [-0.05, 0) is 38.1 Å². The second-order valence-corrected chi connectivity index (χ2v) is 6.43. The van der Waals surface area contributed by atoms with Crippen molar-refractivity contribution >= 4 is 5.82 Å². The predicted molar refractivity (Wildman–Crippen MR) is 86.3 cm³/mol. The van der Waals surface area contributed by atoms with E-state index in [0.29, 0.717) is 5.82 Å². The number of hydrogen-bond donors (Lipinski definition) is 1. The standard InChI is InChI=1S/C17H23N3O/c1-11(2)21-13-8-6-12(7-9-13)14-10-19-16(18)15(20-14)17(3,4)5/h6-11H,1-5H3,(H2,18,19). The van der Waals surface area contributed by atoms with Crippen molar-refractivity contribution in [2.75, 3.05) is 5.73 Å². The fourth-order valence-electron chi connectivity index (χ4n) is 2.07. The van der Waals surface area contributed by atoms with Crippen LogP contribution in [0.1, 0.15) is 40.3 Å². The molecule has 112 valence electrons. The molecule has 1 aromatic heterocycles. The van der Waals surface area contributed by atoms with Crippen LogP contribution in [0.25, 0.3) is 11.3 Å². The molecule has 0 aliphatic heterocycles. The molecule has 1 heterocycles. The SMILES string of the molecule is CC(C)Oc1ccc(-c2cnc(N)c(C(C)(C)C)n2)cc1. The monoisotopic (exact) mass is 285 g/mol. The molecular formula is C17H23N3O. The van der Waals surface area contributed by atoms with Gasteiger partial charge in [-0.3, -0.25) is 0 Å². The third kappa shape index (κ3) is 3.72. The molecule has 2 rings (SSSR count). The summed E-state index contributed by atoms with van der Waals surface area (Å²) < 4.78 is 5.65. The van der Waals surface area contributed by atoms with E-state index in [9.17, 15) is 0 Å². The highest BCUT2D eigenvalue weighted by Crippen LogP contribution is 2.28. The molecule has 2 N–H and O–H groups in total. The van der Waals surface area contributed by atoms with Gasteiger partial charge in [-0.1, -0.05) is 20.8 Å². The number of nitrogen functional groups attached to an aromatic ring is 1. The van der Waals surface area contributed by atoms with Crippen LogP contribution in [0.3, 0.4) is 0 Å². The minimum absolute atomic E-state index is 0.131. The van der Waals surface area contributed by atoms with E-state index in [1.807, 2.05) is 38.1 Å². The van der Waals surface area contributed by atoms with Crippen LogP contribution < -0.4 is 10.5 Å². The van der Waals surface area contributed by atoms with E-state index < -0.39 is 0 Å². The third-order valence-electron chi connectivity index (χ3n) is 3.03. The van der Waals surface area contributed by atoms with E-state index in [4.69, 9.17) is 10.5 Å². The molecular weight excluding hydrogens is 262 g/mol. The normalized spacial score (nSPS) is 11.7. The lowest BCUT2D eigenvalue weighted by atomic mass is 9.91. The van der Waals surface area contributed by atoms with Gasteiger partial charge in [0.05, 0.1) is 23.7 Å². The molecule has 0 fully saturated rings. The zero-order valence-corrected chi connectivity index (χ0v) is 13.3. The van der Waals surface area contributed by atoms with E-state index in [1.54, 1.807) is 6.20 Å². The first-order valence-corrected chi connectivity index (χ1v) is 7.17. The van der Waals surface area contributed by atoms with Crippen molar-refractivity contribution in [3.05, 3.63) is 36.2 Å². The molecule has 0 spiro atoms. The van der Waals surface area contributed by atoms with Gasteiger partial charge in [-0.25, -0.2) is 9.97 Å². The number of hydrogen-bond acceptors (Lipinski definition) is 4. The van der Waals surface area contributed by atoms with Crippen LogP contribution in [0.2, 0.25) is 0 Å². The lowest BCUT2D eigenvalue weighted by molar-refractivity contribution is 0.242. The molecule has 1 aromatic carbocycles. The molecule has 0 radical (unpaired) electrons. The Kier molecular flexibility index (Phi) is 4.16. The first kappa shape index (κ1) is 15.3. The molecule has 2 aromatic rings. The number of nitrogens with two attached hydrogens (primary N) is 1. The quantitative estimate of drug-likeness (QED) is 0.931. The third-order valence-corrected chi connectivity index (χ3v) is 3.03. The Bertz CT molecular complexity index is 613. The molecule has 0 aliphatic carbocycles. The minimum atomic E-state index is -0.131. The largest absolute Gasteiger partial charge is 0.491 e. The van der Waals surface area contributed by atoms with Crippen molar-refractivity contribution in [1.82, 2.24) is 9.97 Å². The number of ether oxygens (including phenoxy) is 1. The van der Waals surface area contributed by atoms with Gasteiger partial charge >= 0.3 is 0 Å². The fourth-order valence-corrected chi connectivity index (χ4v) is 2.07. The van der Waals surface area contributed by atoms with E-state index in [0.717, 1.165) is 22.7 Å². The second-order valence-electron chi connectivity index (χ2n) is 6.43. The van der Waals surface area contributed by atoms with E-state index in [1.165, 1.54) is 0 Å².